The molecule has 0 amide bonds. The van der Waals surface area contributed by atoms with Crippen molar-refractivity contribution < 1.29 is 18.3 Å². The molecule has 1 nitrogen and oxygen atoms in total. The highest BCUT2D eigenvalue weighted by atomic mass is 127. The maximum Gasteiger partial charge on any atom is 0.135 e. The summed E-state index contributed by atoms with van der Waals surface area (Å²) >= 11 is 7.70. The van der Waals surface area contributed by atoms with Crippen LogP contribution in [0.5, 0.6) is 0 Å². The Hall–Kier alpha value is -0.790. The summed E-state index contributed by atoms with van der Waals surface area (Å²) < 4.78 is 40.6. The molecule has 1 atom stereocenters. The van der Waals surface area contributed by atoms with Crippen molar-refractivity contribution in [1.29, 1.82) is 0 Å². The third kappa shape index (κ3) is 3.04. The van der Waals surface area contributed by atoms with Gasteiger partial charge in [0.15, 0.2) is 0 Å². The predicted octanol–water partition coefficient (Wildman–Crippen LogP) is 4.44. The molecular formula is C13H7ClF3IO. The average molecular weight is 399 g/mol. The van der Waals surface area contributed by atoms with E-state index in [1.807, 2.05) is 22.6 Å². The van der Waals surface area contributed by atoms with E-state index in [9.17, 15) is 18.3 Å². The summed E-state index contributed by atoms with van der Waals surface area (Å²) in [6, 6.07) is 5.67. The summed E-state index contributed by atoms with van der Waals surface area (Å²) in [5, 5.41) is 10.4. The predicted molar refractivity (Wildman–Crippen MR) is 74.5 cm³/mol. The first-order valence-corrected chi connectivity index (χ1v) is 6.63. The molecular weight excluding hydrogens is 391 g/mol. The number of benzene rings is 2. The van der Waals surface area contributed by atoms with Crippen molar-refractivity contribution in [3.63, 3.8) is 0 Å². The molecule has 0 saturated carbocycles. The van der Waals surface area contributed by atoms with Crippen molar-refractivity contribution in [3.8, 4) is 0 Å². The van der Waals surface area contributed by atoms with Gasteiger partial charge in [0.25, 0.3) is 0 Å². The van der Waals surface area contributed by atoms with Crippen LogP contribution < -0.4 is 0 Å². The molecule has 2 aromatic rings. The van der Waals surface area contributed by atoms with Crippen LogP contribution in [-0.4, -0.2) is 5.11 Å². The van der Waals surface area contributed by atoms with E-state index in [0.717, 1.165) is 0 Å². The zero-order chi connectivity index (χ0) is 14.2. The lowest BCUT2D eigenvalue weighted by atomic mass is 10.0. The van der Waals surface area contributed by atoms with Crippen LogP contribution >= 0.6 is 34.2 Å². The van der Waals surface area contributed by atoms with Gasteiger partial charge >= 0.3 is 0 Å². The minimum Gasteiger partial charge on any atom is -0.383 e. The standard InChI is InChI=1S/C13H7ClF3IO/c14-6-1-2-11(18)8(3-6)13(19)12-9(16)4-7(15)5-10(12)17/h1-5,13,19H. The van der Waals surface area contributed by atoms with E-state index in [2.05, 4.69) is 0 Å². The van der Waals surface area contributed by atoms with Crippen LogP contribution in [0.2, 0.25) is 5.02 Å². The lowest BCUT2D eigenvalue weighted by Crippen LogP contribution is -2.08. The SMILES string of the molecule is OC(c1cc(Cl)ccc1I)c1c(F)cc(F)cc1F. The quantitative estimate of drug-likeness (QED) is 0.742. The van der Waals surface area contributed by atoms with Gasteiger partial charge in [-0.2, -0.15) is 0 Å². The summed E-state index contributed by atoms with van der Waals surface area (Å²) in [6.45, 7) is 0. The minimum atomic E-state index is -1.55. The third-order valence-corrected chi connectivity index (χ3v) is 3.79. The zero-order valence-electron chi connectivity index (χ0n) is 9.30. The molecule has 0 saturated heterocycles. The monoisotopic (exact) mass is 398 g/mol. The van der Waals surface area contributed by atoms with Crippen LogP contribution in [0.25, 0.3) is 0 Å². The highest BCUT2D eigenvalue weighted by molar-refractivity contribution is 14.1. The molecule has 19 heavy (non-hydrogen) atoms. The minimum absolute atomic E-state index is 0.262. The molecule has 0 spiro atoms. The van der Waals surface area contributed by atoms with E-state index in [1.54, 1.807) is 12.1 Å². The number of aliphatic hydroxyl groups is 1. The second-order valence-electron chi connectivity index (χ2n) is 3.85. The van der Waals surface area contributed by atoms with Crippen molar-refractivity contribution >= 4 is 34.2 Å². The lowest BCUT2D eigenvalue weighted by Gasteiger charge is -2.15. The summed E-state index contributed by atoms with van der Waals surface area (Å²) in [5.74, 6) is -3.31. The summed E-state index contributed by atoms with van der Waals surface area (Å²) in [7, 11) is 0. The molecule has 100 valence electrons. The Balaban J connectivity index is 2.56. The number of rotatable bonds is 2. The number of aliphatic hydroxyl groups excluding tert-OH is 1. The van der Waals surface area contributed by atoms with Crippen molar-refractivity contribution in [3.05, 3.63) is 67.5 Å². The van der Waals surface area contributed by atoms with E-state index in [-0.39, 0.29) is 5.56 Å². The zero-order valence-corrected chi connectivity index (χ0v) is 12.2. The van der Waals surface area contributed by atoms with E-state index < -0.39 is 29.1 Å². The van der Waals surface area contributed by atoms with Gasteiger partial charge in [-0.05, 0) is 46.4 Å². The molecule has 0 radical (unpaired) electrons. The van der Waals surface area contributed by atoms with Crippen LogP contribution in [0.15, 0.2) is 30.3 Å². The van der Waals surface area contributed by atoms with Gasteiger partial charge in [-0.25, -0.2) is 13.2 Å². The Bertz CT molecular complexity index is 610. The molecule has 1 unspecified atom stereocenters. The fourth-order valence-electron chi connectivity index (χ4n) is 1.69. The van der Waals surface area contributed by atoms with Crippen molar-refractivity contribution in [2.24, 2.45) is 0 Å². The Morgan fingerprint density at radius 1 is 1.05 bits per heavy atom. The molecule has 0 aliphatic heterocycles. The van der Waals surface area contributed by atoms with Crippen molar-refractivity contribution in [2.75, 3.05) is 0 Å². The molecule has 0 heterocycles. The van der Waals surface area contributed by atoms with Crippen molar-refractivity contribution in [2.45, 2.75) is 6.10 Å². The van der Waals surface area contributed by atoms with Gasteiger partial charge in [-0.1, -0.05) is 11.6 Å². The second kappa shape index (κ2) is 5.68. The number of halogens is 5. The summed E-state index contributed by atoms with van der Waals surface area (Å²) in [5.41, 5.74) is -0.334. The first-order valence-electron chi connectivity index (χ1n) is 5.17. The van der Waals surface area contributed by atoms with E-state index in [0.29, 0.717) is 20.7 Å². The Morgan fingerprint density at radius 2 is 1.63 bits per heavy atom. The van der Waals surface area contributed by atoms with Crippen LogP contribution in [-0.2, 0) is 0 Å². The largest absolute Gasteiger partial charge is 0.383 e. The summed E-state index contributed by atoms with van der Waals surface area (Å²) in [6.07, 6.45) is -1.55. The van der Waals surface area contributed by atoms with Gasteiger partial charge in [0.1, 0.15) is 23.6 Å². The van der Waals surface area contributed by atoms with Gasteiger partial charge in [0.05, 0.1) is 5.56 Å². The van der Waals surface area contributed by atoms with Crippen LogP contribution in [0, 0.1) is 21.0 Å². The lowest BCUT2D eigenvalue weighted by molar-refractivity contribution is 0.208. The topological polar surface area (TPSA) is 20.2 Å². The first-order chi connectivity index (χ1) is 8.90. The highest BCUT2D eigenvalue weighted by Crippen LogP contribution is 2.31. The van der Waals surface area contributed by atoms with Crippen LogP contribution in [0.4, 0.5) is 13.2 Å². The molecule has 1 N–H and O–H groups in total. The molecule has 0 aliphatic carbocycles. The van der Waals surface area contributed by atoms with Crippen LogP contribution in [0.1, 0.15) is 17.2 Å². The van der Waals surface area contributed by atoms with Crippen LogP contribution in [0.3, 0.4) is 0 Å². The first kappa shape index (κ1) is 14.6. The third-order valence-electron chi connectivity index (χ3n) is 2.57. The fraction of sp³-hybridized carbons (Fsp3) is 0.0769. The maximum absolute atomic E-state index is 13.6. The van der Waals surface area contributed by atoms with Gasteiger partial charge in [0, 0.05) is 20.7 Å². The van der Waals surface area contributed by atoms with E-state index in [4.69, 9.17) is 11.6 Å². The molecule has 0 fully saturated rings. The molecule has 2 aromatic carbocycles. The molecule has 0 bridgehead atoms. The Morgan fingerprint density at radius 3 is 2.21 bits per heavy atom. The molecule has 6 heteroatoms. The molecule has 0 aromatic heterocycles. The van der Waals surface area contributed by atoms with Crippen molar-refractivity contribution in [1.82, 2.24) is 0 Å². The van der Waals surface area contributed by atoms with E-state index in [1.165, 1.54) is 6.07 Å². The maximum atomic E-state index is 13.6. The fourth-order valence-corrected chi connectivity index (χ4v) is 2.51. The number of hydrogen-bond acceptors (Lipinski definition) is 1. The average Bonchev–Trinajstić information content (AvgIpc) is 2.30. The Labute approximate surface area is 126 Å². The van der Waals surface area contributed by atoms with E-state index >= 15 is 0 Å². The highest BCUT2D eigenvalue weighted by Gasteiger charge is 2.22. The van der Waals surface area contributed by atoms with Gasteiger partial charge in [-0.15, -0.1) is 0 Å². The Kier molecular flexibility index (Phi) is 4.37. The smallest absolute Gasteiger partial charge is 0.135 e. The summed E-state index contributed by atoms with van der Waals surface area (Å²) in [4.78, 5) is 0. The molecule has 2 rings (SSSR count). The van der Waals surface area contributed by atoms with Gasteiger partial charge in [-0.3, -0.25) is 0 Å². The van der Waals surface area contributed by atoms with Gasteiger partial charge in [0.2, 0.25) is 0 Å². The second-order valence-corrected chi connectivity index (χ2v) is 5.45. The van der Waals surface area contributed by atoms with Gasteiger partial charge < -0.3 is 5.11 Å². The normalized spacial score (nSPS) is 12.5. The number of hydrogen-bond donors (Lipinski definition) is 1. The molecule has 0 aliphatic rings.